The SMILES string of the molecule is COc1cc([N+](=O)[O-])ccc1NC(=O)CSc1cc(C)ccc1C. The number of nitrogens with one attached hydrogen (secondary N) is 1. The molecule has 126 valence electrons. The molecule has 7 heteroatoms. The van der Waals surface area contributed by atoms with Crippen molar-refractivity contribution in [2.75, 3.05) is 18.2 Å². The van der Waals surface area contributed by atoms with Gasteiger partial charge in [-0.3, -0.25) is 14.9 Å². The molecule has 0 fully saturated rings. The first-order chi connectivity index (χ1) is 11.4. The van der Waals surface area contributed by atoms with Crippen molar-refractivity contribution in [3.05, 3.63) is 57.6 Å². The van der Waals surface area contributed by atoms with E-state index in [-0.39, 0.29) is 23.1 Å². The summed E-state index contributed by atoms with van der Waals surface area (Å²) in [4.78, 5) is 23.5. The summed E-state index contributed by atoms with van der Waals surface area (Å²) < 4.78 is 5.11. The molecule has 2 aromatic rings. The highest BCUT2D eigenvalue weighted by molar-refractivity contribution is 8.00. The second kappa shape index (κ2) is 7.83. The van der Waals surface area contributed by atoms with Crippen LogP contribution in [0.15, 0.2) is 41.3 Å². The Morgan fingerprint density at radius 2 is 2.00 bits per heavy atom. The highest BCUT2D eigenvalue weighted by Crippen LogP contribution is 2.29. The maximum absolute atomic E-state index is 12.1. The number of aryl methyl sites for hydroxylation is 2. The zero-order valence-electron chi connectivity index (χ0n) is 13.7. The molecule has 0 saturated heterocycles. The highest BCUT2D eigenvalue weighted by Gasteiger charge is 2.13. The van der Waals surface area contributed by atoms with Crippen LogP contribution in [0.3, 0.4) is 0 Å². The van der Waals surface area contributed by atoms with E-state index >= 15 is 0 Å². The number of carbonyl (C=O) groups excluding carboxylic acids is 1. The average Bonchev–Trinajstić information content (AvgIpc) is 2.55. The smallest absolute Gasteiger partial charge is 0.273 e. The van der Waals surface area contributed by atoms with Gasteiger partial charge in [-0.2, -0.15) is 0 Å². The molecule has 24 heavy (non-hydrogen) atoms. The number of rotatable bonds is 6. The van der Waals surface area contributed by atoms with Crippen LogP contribution in [0.5, 0.6) is 5.75 Å². The van der Waals surface area contributed by atoms with Crippen molar-refractivity contribution in [3.63, 3.8) is 0 Å². The van der Waals surface area contributed by atoms with Crippen LogP contribution in [-0.2, 0) is 4.79 Å². The molecule has 0 saturated carbocycles. The number of thioether (sulfide) groups is 1. The van der Waals surface area contributed by atoms with Crippen LogP contribution in [0.1, 0.15) is 11.1 Å². The minimum absolute atomic E-state index is 0.0883. The summed E-state index contributed by atoms with van der Waals surface area (Å²) in [7, 11) is 1.40. The number of methoxy groups -OCH3 is 1. The average molecular weight is 346 g/mol. The topological polar surface area (TPSA) is 81.5 Å². The third-order valence-electron chi connectivity index (χ3n) is 3.37. The summed E-state index contributed by atoms with van der Waals surface area (Å²) in [6, 6.07) is 10.2. The van der Waals surface area contributed by atoms with Gasteiger partial charge in [0.05, 0.1) is 29.5 Å². The molecule has 0 aliphatic heterocycles. The van der Waals surface area contributed by atoms with Crippen molar-refractivity contribution in [1.82, 2.24) is 0 Å². The summed E-state index contributed by atoms with van der Waals surface area (Å²) in [6.07, 6.45) is 0. The highest BCUT2D eigenvalue weighted by atomic mass is 32.2. The predicted octanol–water partition coefficient (Wildman–Crippen LogP) is 3.95. The van der Waals surface area contributed by atoms with Crippen LogP contribution >= 0.6 is 11.8 Å². The lowest BCUT2D eigenvalue weighted by atomic mass is 10.2. The Balaban J connectivity index is 2.04. The van der Waals surface area contributed by atoms with Gasteiger partial charge >= 0.3 is 0 Å². The number of anilines is 1. The lowest BCUT2D eigenvalue weighted by Gasteiger charge is -2.10. The molecule has 0 aliphatic rings. The Labute approximate surface area is 144 Å². The number of hydrogen-bond acceptors (Lipinski definition) is 5. The van der Waals surface area contributed by atoms with E-state index in [0.717, 1.165) is 16.0 Å². The molecular formula is C17H18N2O4S. The van der Waals surface area contributed by atoms with Crippen molar-refractivity contribution >= 4 is 29.0 Å². The fraction of sp³-hybridized carbons (Fsp3) is 0.235. The zero-order valence-corrected chi connectivity index (χ0v) is 14.5. The van der Waals surface area contributed by atoms with Gasteiger partial charge in [0.1, 0.15) is 5.75 Å². The lowest BCUT2D eigenvalue weighted by Crippen LogP contribution is -2.14. The van der Waals surface area contributed by atoms with E-state index in [2.05, 4.69) is 5.32 Å². The van der Waals surface area contributed by atoms with Gasteiger partial charge in [-0.05, 0) is 31.5 Å². The normalized spacial score (nSPS) is 10.3. The first-order valence-electron chi connectivity index (χ1n) is 7.23. The molecule has 0 radical (unpaired) electrons. The first kappa shape index (κ1) is 17.8. The van der Waals surface area contributed by atoms with Gasteiger partial charge in [0.25, 0.3) is 5.69 Å². The van der Waals surface area contributed by atoms with Crippen molar-refractivity contribution < 1.29 is 14.5 Å². The molecule has 1 N–H and O–H groups in total. The number of carbonyl (C=O) groups is 1. The van der Waals surface area contributed by atoms with Gasteiger partial charge in [-0.1, -0.05) is 17.7 Å². The molecule has 6 nitrogen and oxygen atoms in total. The second-order valence-electron chi connectivity index (χ2n) is 5.25. The van der Waals surface area contributed by atoms with Crippen molar-refractivity contribution in [2.24, 2.45) is 0 Å². The fourth-order valence-corrected chi connectivity index (χ4v) is 3.01. The molecule has 0 heterocycles. The molecule has 0 aromatic heterocycles. The number of nitro benzene ring substituents is 1. The molecule has 0 aliphatic carbocycles. The maximum Gasteiger partial charge on any atom is 0.273 e. The number of nitro groups is 1. The van der Waals surface area contributed by atoms with Gasteiger partial charge in [-0.15, -0.1) is 11.8 Å². The summed E-state index contributed by atoms with van der Waals surface area (Å²) >= 11 is 1.45. The lowest BCUT2D eigenvalue weighted by molar-refractivity contribution is -0.384. The van der Waals surface area contributed by atoms with Gasteiger partial charge in [-0.25, -0.2) is 0 Å². The maximum atomic E-state index is 12.1. The van der Waals surface area contributed by atoms with Gasteiger partial charge < -0.3 is 10.1 Å². The van der Waals surface area contributed by atoms with Crippen LogP contribution in [0.2, 0.25) is 0 Å². The van der Waals surface area contributed by atoms with Gasteiger partial charge in [0.2, 0.25) is 5.91 Å². The van der Waals surface area contributed by atoms with Crippen molar-refractivity contribution in [2.45, 2.75) is 18.7 Å². The van der Waals surface area contributed by atoms with Crippen LogP contribution in [0, 0.1) is 24.0 Å². The molecular weight excluding hydrogens is 328 g/mol. The second-order valence-corrected chi connectivity index (χ2v) is 6.26. The molecule has 1 amide bonds. The van der Waals surface area contributed by atoms with Crippen LogP contribution < -0.4 is 10.1 Å². The molecule has 0 bridgehead atoms. The molecule has 0 spiro atoms. The summed E-state index contributed by atoms with van der Waals surface area (Å²) in [5.41, 5.74) is 2.58. The summed E-state index contributed by atoms with van der Waals surface area (Å²) in [5, 5.41) is 13.5. The van der Waals surface area contributed by atoms with Gasteiger partial charge in [0.15, 0.2) is 0 Å². The van der Waals surface area contributed by atoms with E-state index in [1.54, 1.807) is 0 Å². The minimum Gasteiger partial charge on any atom is -0.494 e. The standard InChI is InChI=1S/C17H18N2O4S/c1-11-4-5-12(2)16(8-11)24-10-17(20)18-14-7-6-13(19(21)22)9-15(14)23-3/h4-9H,10H2,1-3H3,(H,18,20). The number of hydrogen-bond donors (Lipinski definition) is 1. The van der Waals surface area contributed by atoms with E-state index in [4.69, 9.17) is 4.74 Å². The zero-order chi connectivity index (χ0) is 17.7. The largest absolute Gasteiger partial charge is 0.494 e. The number of non-ortho nitro benzene ring substituents is 1. The number of ether oxygens (including phenoxy) is 1. The minimum atomic E-state index is -0.509. The van der Waals surface area contributed by atoms with Crippen LogP contribution in [-0.4, -0.2) is 23.7 Å². The Bertz CT molecular complexity index is 777. The Hall–Kier alpha value is -2.54. The van der Waals surface area contributed by atoms with Crippen LogP contribution in [0.4, 0.5) is 11.4 Å². The number of nitrogens with zero attached hydrogens (tertiary/aromatic N) is 1. The van der Waals surface area contributed by atoms with E-state index in [0.29, 0.717) is 5.69 Å². The third-order valence-corrected chi connectivity index (χ3v) is 4.53. The van der Waals surface area contributed by atoms with Crippen molar-refractivity contribution in [3.8, 4) is 5.75 Å². The van der Waals surface area contributed by atoms with Crippen molar-refractivity contribution in [1.29, 1.82) is 0 Å². The number of benzene rings is 2. The Kier molecular flexibility index (Phi) is 5.81. The van der Waals surface area contributed by atoms with E-state index < -0.39 is 4.92 Å². The quantitative estimate of drug-likeness (QED) is 0.486. The third kappa shape index (κ3) is 4.48. The number of amides is 1. The van der Waals surface area contributed by atoms with E-state index in [9.17, 15) is 14.9 Å². The summed E-state index contributed by atoms with van der Waals surface area (Å²) in [5.74, 6) is 0.298. The fourth-order valence-electron chi connectivity index (χ4n) is 2.09. The monoisotopic (exact) mass is 346 g/mol. The molecule has 0 atom stereocenters. The Morgan fingerprint density at radius 3 is 2.67 bits per heavy atom. The summed E-state index contributed by atoms with van der Waals surface area (Å²) in [6.45, 7) is 4.00. The Morgan fingerprint density at radius 1 is 1.25 bits per heavy atom. The van der Waals surface area contributed by atoms with Gasteiger partial charge in [0, 0.05) is 11.0 Å². The molecule has 0 unspecified atom stereocenters. The van der Waals surface area contributed by atoms with E-state index in [1.807, 2.05) is 32.0 Å². The molecule has 2 aromatic carbocycles. The first-order valence-corrected chi connectivity index (χ1v) is 8.21. The predicted molar refractivity (Wildman–Crippen MR) is 94.9 cm³/mol. The molecule has 2 rings (SSSR count). The van der Waals surface area contributed by atoms with Crippen LogP contribution in [0.25, 0.3) is 0 Å². The van der Waals surface area contributed by atoms with E-state index in [1.165, 1.54) is 37.1 Å².